The summed E-state index contributed by atoms with van der Waals surface area (Å²) in [6, 6.07) is 6.26. The van der Waals surface area contributed by atoms with Crippen molar-refractivity contribution in [3.05, 3.63) is 36.2 Å². The average Bonchev–Trinajstić information content (AvgIpc) is 2.26. The summed E-state index contributed by atoms with van der Waals surface area (Å²) in [6.07, 6.45) is 7.44. The molecule has 2 heteroatoms. The molecule has 0 radical (unpaired) electrons. The Morgan fingerprint density at radius 1 is 1.47 bits per heavy atom. The van der Waals surface area contributed by atoms with Crippen LogP contribution >= 0.6 is 0 Å². The van der Waals surface area contributed by atoms with Gasteiger partial charge in [0.1, 0.15) is 20.3 Å². The van der Waals surface area contributed by atoms with E-state index in [1.165, 1.54) is 11.4 Å². The van der Waals surface area contributed by atoms with Gasteiger partial charge in [-0.3, -0.25) is 0 Å². The van der Waals surface area contributed by atoms with Crippen LogP contribution in [0.1, 0.15) is 26.0 Å². The highest BCUT2D eigenvalue weighted by Gasteiger charge is 2.18. The maximum absolute atomic E-state index is 2.25. The van der Waals surface area contributed by atoms with E-state index in [0.717, 1.165) is 6.42 Å². The van der Waals surface area contributed by atoms with Gasteiger partial charge in [-0.25, -0.2) is 4.58 Å². The zero-order valence-corrected chi connectivity index (χ0v) is 10.1. The molecule has 0 aromatic carbocycles. The Bertz CT molecular complexity index is 389. The third-order valence-electron chi connectivity index (χ3n) is 2.48. The van der Waals surface area contributed by atoms with Crippen LogP contribution in [0.25, 0.3) is 5.70 Å². The van der Waals surface area contributed by atoms with Crippen molar-refractivity contribution in [1.82, 2.24) is 0 Å². The Balaban J connectivity index is 3.23. The first kappa shape index (κ1) is 11.6. The fraction of sp³-hybridized carbons (Fsp3) is 0.385. The summed E-state index contributed by atoms with van der Waals surface area (Å²) in [4.78, 5) is 0. The molecule has 0 spiro atoms. The molecule has 15 heavy (non-hydrogen) atoms. The molecule has 2 nitrogen and oxygen atoms in total. The monoisotopic (exact) mass is 204 g/mol. The van der Waals surface area contributed by atoms with Crippen LogP contribution in [-0.2, 0) is 7.05 Å². The van der Waals surface area contributed by atoms with E-state index in [2.05, 4.69) is 60.8 Å². The maximum atomic E-state index is 2.25. The SMILES string of the molecule is CC=[N+](C)C(=CCC)c1cccc[n+]1C. The van der Waals surface area contributed by atoms with Gasteiger partial charge in [-0.1, -0.05) is 6.92 Å². The summed E-state index contributed by atoms with van der Waals surface area (Å²) in [7, 11) is 4.15. The second-order valence-electron chi connectivity index (χ2n) is 3.56. The number of hydrogen-bond donors (Lipinski definition) is 0. The summed E-state index contributed by atoms with van der Waals surface area (Å²) in [6.45, 7) is 4.21. The number of rotatable bonds is 3. The summed E-state index contributed by atoms with van der Waals surface area (Å²) >= 11 is 0. The van der Waals surface area contributed by atoms with Crippen molar-refractivity contribution in [1.29, 1.82) is 0 Å². The van der Waals surface area contributed by atoms with Crippen LogP contribution in [0.5, 0.6) is 0 Å². The Labute approximate surface area is 92.2 Å². The average molecular weight is 204 g/mol. The number of aromatic nitrogens is 1. The molecule has 0 fully saturated rings. The molecule has 0 bridgehead atoms. The van der Waals surface area contributed by atoms with Crippen LogP contribution in [0.2, 0.25) is 0 Å². The smallest absolute Gasteiger partial charge is 0.200 e. The van der Waals surface area contributed by atoms with E-state index >= 15 is 0 Å². The standard InChI is InChI=1S/C13H20N2/c1-5-9-12(14(3)6-2)13-10-7-8-11-15(13)4/h6-11H,5H2,1-4H3/q+2. The molecule has 1 rings (SSSR count). The molecule has 0 amide bonds. The predicted molar refractivity (Wildman–Crippen MR) is 63.8 cm³/mol. The Morgan fingerprint density at radius 2 is 2.20 bits per heavy atom. The van der Waals surface area contributed by atoms with Crippen LogP contribution in [0.15, 0.2) is 30.5 Å². The van der Waals surface area contributed by atoms with Crippen molar-refractivity contribution in [3.63, 3.8) is 0 Å². The first-order valence-corrected chi connectivity index (χ1v) is 5.38. The molecule has 1 aromatic rings. The Hall–Kier alpha value is -1.44. The minimum absolute atomic E-state index is 1.04. The van der Waals surface area contributed by atoms with Crippen molar-refractivity contribution in [2.24, 2.45) is 7.05 Å². The van der Waals surface area contributed by atoms with Crippen LogP contribution in [0, 0.1) is 0 Å². The van der Waals surface area contributed by atoms with E-state index in [1.54, 1.807) is 0 Å². The lowest BCUT2D eigenvalue weighted by atomic mass is 10.2. The predicted octanol–water partition coefficient (Wildman–Crippen LogP) is 2.00. The normalized spacial score (nSPS) is 13.1. The maximum Gasteiger partial charge on any atom is 0.276 e. The van der Waals surface area contributed by atoms with Gasteiger partial charge in [-0.2, -0.15) is 4.57 Å². The fourth-order valence-corrected chi connectivity index (χ4v) is 1.55. The van der Waals surface area contributed by atoms with Crippen molar-refractivity contribution in [3.8, 4) is 0 Å². The van der Waals surface area contributed by atoms with Gasteiger partial charge in [0, 0.05) is 19.1 Å². The zero-order chi connectivity index (χ0) is 11.3. The number of nitrogens with zero attached hydrogens (tertiary/aromatic N) is 2. The molecule has 80 valence electrons. The van der Waals surface area contributed by atoms with Gasteiger partial charge in [0.25, 0.3) is 11.4 Å². The highest BCUT2D eigenvalue weighted by Crippen LogP contribution is 2.10. The third kappa shape index (κ3) is 2.75. The van der Waals surface area contributed by atoms with Gasteiger partial charge in [0.15, 0.2) is 6.20 Å². The minimum Gasteiger partial charge on any atom is -0.200 e. The molecule has 0 N–H and O–H groups in total. The van der Waals surface area contributed by atoms with Gasteiger partial charge in [0.2, 0.25) is 0 Å². The summed E-state index contributed by atoms with van der Waals surface area (Å²) < 4.78 is 4.29. The molecule has 0 aliphatic rings. The van der Waals surface area contributed by atoms with Crippen molar-refractivity contribution in [2.75, 3.05) is 7.05 Å². The summed E-state index contributed by atoms with van der Waals surface area (Å²) in [5.41, 5.74) is 2.49. The molecule has 0 atom stereocenters. The fourth-order valence-electron chi connectivity index (χ4n) is 1.55. The second-order valence-corrected chi connectivity index (χ2v) is 3.56. The lowest BCUT2D eigenvalue weighted by molar-refractivity contribution is -0.678. The van der Waals surface area contributed by atoms with Gasteiger partial charge >= 0.3 is 0 Å². The molecule has 0 saturated carbocycles. The largest absolute Gasteiger partial charge is 0.276 e. The van der Waals surface area contributed by atoms with E-state index < -0.39 is 0 Å². The van der Waals surface area contributed by atoms with Crippen LogP contribution in [0.3, 0.4) is 0 Å². The number of aryl methyl sites for hydroxylation is 1. The number of hydrogen-bond acceptors (Lipinski definition) is 0. The van der Waals surface area contributed by atoms with Crippen molar-refractivity contribution < 1.29 is 9.14 Å². The Kier molecular flexibility index (Phi) is 4.22. The van der Waals surface area contributed by atoms with Gasteiger partial charge in [-0.15, -0.1) is 0 Å². The van der Waals surface area contributed by atoms with E-state index in [1.807, 2.05) is 13.0 Å². The van der Waals surface area contributed by atoms with Gasteiger partial charge in [-0.05, 0) is 18.6 Å². The third-order valence-corrected chi connectivity index (χ3v) is 2.48. The van der Waals surface area contributed by atoms with E-state index in [0.29, 0.717) is 0 Å². The van der Waals surface area contributed by atoms with Crippen LogP contribution < -0.4 is 4.57 Å². The summed E-state index contributed by atoms with van der Waals surface area (Å²) in [5, 5.41) is 0. The van der Waals surface area contributed by atoms with E-state index in [9.17, 15) is 0 Å². The highest BCUT2D eigenvalue weighted by atomic mass is 15.0. The first-order chi connectivity index (χ1) is 7.20. The summed E-state index contributed by atoms with van der Waals surface area (Å²) in [5.74, 6) is 0. The molecule has 0 aliphatic carbocycles. The number of pyridine rings is 1. The van der Waals surface area contributed by atoms with Crippen LogP contribution in [0.4, 0.5) is 0 Å². The molecule has 1 aromatic heterocycles. The first-order valence-electron chi connectivity index (χ1n) is 5.38. The molecule has 0 saturated heterocycles. The lowest BCUT2D eigenvalue weighted by Crippen LogP contribution is -2.33. The highest BCUT2D eigenvalue weighted by molar-refractivity contribution is 5.58. The van der Waals surface area contributed by atoms with Crippen molar-refractivity contribution >= 4 is 11.9 Å². The topological polar surface area (TPSA) is 6.89 Å². The Morgan fingerprint density at radius 3 is 2.73 bits per heavy atom. The van der Waals surface area contributed by atoms with Crippen LogP contribution in [-0.4, -0.2) is 17.8 Å². The molecule has 0 aliphatic heterocycles. The minimum atomic E-state index is 1.04. The zero-order valence-electron chi connectivity index (χ0n) is 10.1. The second kappa shape index (κ2) is 5.44. The molecular weight excluding hydrogens is 184 g/mol. The lowest BCUT2D eigenvalue weighted by Gasteiger charge is -2.00. The number of allylic oxidation sites excluding steroid dienone is 1. The molecule has 0 unspecified atom stereocenters. The quantitative estimate of drug-likeness (QED) is 0.525. The van der Waals surface area contributed by atoms with Crippen molar-refractivity contribution in [2.45, 2.75) is 20.3 Å². The van der Waals surface area contributed by atoms with Gasteiger partial charge in [0.05, 0.1) is 0 Å². The molecular formula is C13H20N2+2. The molecule has 1 heterocycles. The van der Waals surface area contributed by atoms with E-state index in [4.69, 9.17) is 0 Å². The van der Waals surface area contributed by atoms with E-state index in [-0.39, 0.29) is 0 Å². The van der Waals surface area contributed by atoms with Gasteiger partial charge < -0.3 is 0 Å².